The van der Waals surface area contributed by atoms with Gasteiger partial charge in [0.05, 0.1) is 6.54 Å². The van der Waals surface area contributed by atoms with Crippen molar-refractivity contribution in [2.24, 2.45) is 7.05 Å². The van der Waals surface area contributed by atoms with Crippen molar-refractivity contribution >= 4 is 0 Å². The van der Waals surface area contributed by atoms with E-state index < -0.39 is 19.1 Å². The van der Waals surface area contributed by atoms with Gasteiger partial charge in [-0.3, -0.25) is 0 Å². The molecule has 0 bridgehead atoms. The van der Waals surface area contributed by atoms with Gasteiger partial charge in [-0.15, -0.1) is 0 Å². The van der Waals surface area contributed by atoms with Gasteiger partial charge in [0.15, 0.2) is 0 Å². The summed E-state index contributed by atoms with van der Waals surface area (Å²) in [7, 11) is 1.75. The summed E-state index contributed by atoms with van der Waals surface area (Å²) in [5.41, 5.74) is 2.16. The summed E-state index contributed by atoms with van der Waals surface area (Å²) in [6.45, 7) is 0.315. The van der Waals surface area contributed by atoms with Crippen LogP contribution in [0.3, 0.4) is 0 Å². The Balaban J connectivity index is 2.62. The Morgan fingerprint density at radius 1 is 1.59 bits per heavy atom. The van der Waals surface area contributed by atoms with E-state index in [-0.39, 0.29) is 6.54 Å². The standard InChI is InChI=1S/C11H15F2N3O/c1-8-9(3-10(4-14)16(8)2)5-15-6-11(12,13)7-17/h3,15,17H,5-7H2,1-2H3. The number of aromatic nitrogens is 1. The third-order valence-corrected chi connectivity index (χ3v) is 2.69. The summed E-state index contributed by atoms with van der Waals surface area (Å²) >= 11 is 0. The van der Waals surface area contributed by atoms with Crippen molar-refractivity contribution in [3.05, 3.63) is 23.0 Å². The predicted octanol–water partition coefficient (Wildman–Crippen LogP) is 0.922. The van der Waals surface area contributed by atoms with Crippen molar-refractivity contribution < 1.29 is 13.9 Å². The van der Waals surface area contributed by atoms with Crippen LogP contribution in [0, 0.1) is 18.3 Å². The molecule has 1 aromatic heterocycles. The molecule has 0 unspecified atom stereocenters. The zero-order valence-electron chi connectivity index (χ0n) is 9.80. The molecular formula is C11H15F2N3O. The predicted molar refractivity (Wildman–Crippen MR) is 58.6 cm³/mol. The van der Waals surface area contributed by atoms with Gasteiger partial charge in [0.2, 0.25) is 0 Å². The Kier molecular flexibility index (Phi) is 4.21. The zero-order valence-corrected chi connectivity index (χ0v) is 9.80. The lowest BCUT2D eigenvalue weighted by molar-refractivity contribution is -0.0477. The fourth-order valence-corrected chi connectivity index (χ4v) is 1.48. The lowest BCUT2D eigenvalue weighted by atomic mass is 10.2. The van der Waals surface area contributed by atoms with E-state index in [1.54, 1.807) is 17.7 Å². The van der Waals surface area contributed by atoms with E-state index >= 15 is 0 Å². The van der Waals surface area contributed by atoms with Gasteiger partial charge in [-0.1, -0.05) is 0 Å². The van der Waals surface area contributed by atoms with Crippen LogP contribution in [0.4, 0.5) is 8.78 Å². The third-order valence-electron chi connectivity index (χ3n) is 2.69. The first kappa shape index (κ1) is 13.6. The van der Waals surface area contributed by atoms with Crippen LogP contribution in [0.25, 0.3) is 0 Å². The second-order valence-electron chi connectivity index (χ2n) is 3.93. The second-order valence-corrected chi connectivity index (χ2v) is 3.93. The normalized spacial score (nSPS) is 11.5. The fraction of sp³-hybridized carbons (Fsp3) is 0.545. The maximum absolute atomic E-state index is 12.7. The van der Waals surface area contributed by atoms with E-state index in [9.17, 15) is 8.78 Å². The summed E-state index contributed by atoms with van der Waals surface area (Å²) in [6, 6.07) is 3.69. The van der Waals surface area contributed by atoms with Crippen LogP contribution >= 0.6 is 0 Å². The van der Waals surface area contributed by atoms with Gasteiger partial charge in [-0.2, -0.15) is 5.26 Å². The Hall–Kier alpha value is -1.45. The van der Waals surface area contributed by atoms with E-state index in [1.165, 1.54) is 0 Å². The average molecular weight is 243 g/mol. The van der Waals surface area contributed by atoms with Crippen LogP contribution in [-0.2, 0) is 13.6 Å². The summed E-state index contributed by atoms with van der Waals surface area (Å²) in [5, 5.41) is 19.8. The van der Waals surface area contributed by atoms with Gasteiger partial charge in [0, 0.05) is 19.3 Å². The monoisotopic (exact) mass is 243 g/mol. The number of alkyl halides is 2. The molecular weight excluding hydrogens is 228 g/mol. The molecule has 1 rings (SSSR count). The molecule has 94 valence electrons. The van der Waals surface area contributed by atoms with Crippen molar-refractivity contribution in [3.8, 4) is 6.07 Å². The molecule has 0 atom stereocenters. The van der Waals surface area contributed by atoms with Crippen molar-refractivity contribution in [3.63, 3.8) is 0 Å². The minimum absolute atomic E-state index is 0.247. The third kappa shape index (κ3) is 3.25. The molecule has 0 aliphatic carbocycles. The number of rotatable bonds is 5. The van der Waals surface area contributed by atoms with E-state index in [2.05, 4.69) is 5.32 Å². The molecule has 1 heterocycles. The molecule has 17 heavy (non-hydrogen) atoms. The van der Waals surface area contributed by atoms with Crippen molar-refractivity contribution in [1.82, 2.24) is 9.88 Å². The molecule has 0 saturated heterocycles. The topological polar surface area (TPSA) is 61.0 Å². The fourth-order valence-electron chi connectivity index (χ4n) is 1.48. The first-order chi connectivity index (χ1) is 7.91. The number of nitrogens with zero attached hydrogens (tertiary/aromatic N) is 2. The SMILES string of the molecule is Cc1c(CNCC(F)(F)CO)cc(C#N)n1C. The molecule has 0 fully saturated rings. The number of halogens is 2. The molecule has 2 N–H and O–H groups in total. The molecule has 0 aliphatic rings. The highest BCUT2D eigenvalue weighted by atomic mass is 19.3. The van der Waals surface area contributed by atoms with E-state index in [0.29, 0.717) is 5.69 Å². The van der Waals surface area contributed by atoms with Gasteiger partial charge in [-0.05, 0) is 18.6 Å². The molecule has 0 saturated carbocycles. The minimum atomic E-state index is -3.11. The number of aliphatic hydroxyl groups is 1. The van der Waals surface area contributed by atoms with Crippen molar-refractivity contribution in [1.29, 1.82) is 5.26 Å². The van der Waals surface area contributed by atoms with Gasteiger partial charge in [0.25, 0.3) is 5.92 Å². The lowest BCUT2D eigenvalue weighted by Gasteiger charge is -2.13. The summed E-state index contributed by atoms with van der Waals surface area (Å²) in [4.78, 5) is 0. The van der Waals surface area contributed by atoms with Crippen LogP contribution in [-0.4, -0.2) is 28.7 Å². The van der Waals surface area contributed by atoms with Gasteiger partial charge >= 0.3 is 0 Å². The molecule has 1 aromatic rings. The maximum atomic E-state index is 12.7. The number of nitriles is 1. The van der Waals surface area contributed by atoms with Crippen LogP contribution in [0.5, 0.6) is 0 Å². The van der Waals surface area contributed by atoms with Gasteiger partial charge in [0.1, 0.15) is 18.4 Å². The first-order valence-corrected chi connectivity index (χ1v) is 5.16. The molecule has 0 aliphatic heterocycles. The molecule has 4 nitrogen and oxygen atoms in total. The second kappa shape index (κ2) is 5.25. The Bertz CT molecular complexity index is 435. The summed E-state index contributed by atoms with van der Waals surface area (Å²) in [6.07, 6.45) is 0. The highest BCUT2D eigenvalue weighted by Gasteiger charge is 2.26. The zero-order chi connectivity index (χ0) is 13.1. The van der Waals surface area contributed by atoms with E-state index in [1.807, 2.05) is 13.0 Å². The van der Waals surface area contributed by atoms with E-state index in [0.717, 1.165) is 11.3 Å². The number of hydrogen-bond donors (Lipinski definition) is 2. The van der Waals surface area contributed by atoms with Crippen LogP contribution < -0.4 is 5.32 Å². The van der Waals surface area contributed by atoms with Crippen molar-refractivity contribution in [2.75, 3.05) is 13.2 Å². The number of hydrogen-bond acceptors (Lipinski definition) is 3. The van der Waals surface area contributed by atoms with Crippen LogP contribution in [0.1, 0.15) is 17.0 Å². The van der Waals surface area contributed by atoms with Crippen molar-refractivity contribution in [2.45, 2.75) is 19.4 Å². The quantitative estimate of drug-likeness (QED) is 0.808. The van der Waals surface area contributed by atoms with E-state index in [4.69, 9.17) is 10.4 Å². The molecule has 0 radical (unpaired) electrons. The molecule has 6 heteroatoms. The number of aliphatic hydroxyl groups excluding tert-OH is 1. The maximum Gasteiger partial charge on any atom is 0.282 e. The van der Waals surface area contributed by atoms with Crippen LogP contribution in [0.15, 0.2) is 6.07 Å². The minimum Gasteiger partial charge on any atom is -0.390 e. The smallest absolute Gasteiger partial charge is 0.282 e. The average Bonchev–Trinajstić information content (AvgIpc) is 2.57. The van der Waals surface area contributed by atoms with Gasteiger partial charge < -0.3 is 15.0 Å². The highest BCUT2D eigenvalue weighted by Crippen LogP contribution is 2.14. The van der Waals surface area contributed by atoms with Crippen LogP contribution in [0.2, 0.25) is 0 Å². The summed E-state index contributed by atoms with van der Waals surface area (Å²) < 4.78 is 27.2. The lowest BCUT2D eigenvalue weighted by Crippen LogP contribution is -2.35. The Labute approximate surface area is 98.5 Å². The largest absolute Gasteiger partial charge is 0.390 e. The summed E-state index contributed by atoms with van der Waals surface area (Å²) in [5.74, 6) is -3.11. The Morgan fingerprint density at radius 3 is 2.71 bits per heavy atom. The molecule has 0 amide bonds. The first-order valence-electron chi connectivity index (χ1n) is 5.16. The highest BCUT2D eigenvalue weighted by molar-refractivity contribution is 5.34. The molecule has 0 spiro atoms. The Morgan fingerprint density at radius 2 is 2.24 bits per heavy atom. The number of nitrogens with one attached hydrogen (secondary N) is 1. The molecule has 0 aromatic carbocycles. The van der Waals surface area contributed by atoms with Gasteiger partial charge in [-0.25, -0.2) is 8.78 Å².